The third-order valence-corrected chi connectivity index (χ3v) is 27.2. The second kappa shape index (κ2) is 86.8. The van der Waals surface area contributed by atoms with Gasteiger partial charge in [-0.3, -0.25) is 0 Å². The van der Waals surface area contributed by atoms with Crippen LogP contribution in [0.1, 0.15) is 203 Å². The number of para-hydroxylation sites is 2. The number of methoxy groups -OCH3 is 2. The molecule has 8 unspecified atom stereocenters. The number of hydrogen-bond donors (Lipinski definition) is 0. The summed E-state index contributed by atoms with van der Waals surface area (Å²) in [6, 6.07) is 53.3. The minimum atomic E-state index is 0. The summed E-state index contributed by atoms with van der Waals surface area (Å²) in [5.74, 6) is 7.22. The number of rotatable bonds is 30. The van der Waals surface area contributed by atoms with Crippen LogP contribution in [0.15, 0.2) is 164 Å². The molecule has 8 saturated heterocycles. The van der Waals surface area contributed by atoms with E-state index in [2.05, 4.69) is 135 Å². The minimum Gasteiger partial charge on any atom is -0.549 e. The molecule has 8 aromatic carbocycles. The van der Waals surface area contributed by atoms with Gasteiger partial charge in [0.25, 0.3) is 0 Å². The molecule has 8 aliphatic rings. The fourth-order valence-corrected chi connectivity index (χ4v) is 19.2. The van der Waals surface area contributed by atoms with Crippen molar-refractivity contribution in [1.29, 1.82) is 0 Å². The summed E-state index contributed by atoms with van der Waals surface area (Å²) in [6.45, 7) is 34.8. The monoisotopic (exact) mass is 3060 g/mol. The van der Waals surface area contributed by atoms with Crippen molar-refractivity contribution in [1.82, 2.24) is 4.90 Å². The predicted molar refractivity (Wildman–Crippen MR) is 549 cm³/mol. The van der Waals surface area contributed by atoms with Gasteiger partial charge in [-0.1, -0.05) is 302 Å². The topological polar surface area (TPSA) is 105 Å². The van der Waals surface area contributed by atoms with Crippen molar-refractivity contribution >= 4 is 116 Å². The molecule has 140 heavy (non-hydrogen) atoms. The van der Waals surface area contributed by atoms with Crippen LogP contribution in [0, 0.1) is 100 Å². The van der Waals surface area contributed by atoms with E-state index in [0.717, 1.165) is 242 Å². The Labute approximate surface area is 1360 Å². The molecule has 0 amide bonds. The van der Waals surface area contributed by atoms with Crippen LogP contribution in [-0.4, -0.2) is 95.2 Å². The summed E-state index contributed by atoms with van der Waals surface area (Å²) in [7, 11) is 7.42. The maximum atomic E-state index is 6.11. The van der Waals surface area contributed by atoms with Gasteiger partial charge in [-0.15, -0.1) is 47.3 Å². The fraction of sp³-hybridized carbons (Fsp3) is 0.491. The Morgan fingerprint density at radius 3 is 0.757 bits per heavy atom. The van der Waals surface area contributed by atoms with Gasteiger partial charge in [-0.25, -0.2) is 52.9 Å². The van der Waals surface area contributed by atoms with Crippen molar-refractivity contribution in [2.45, 2.75) is 258 Å². The minimum absolute atomic E-state index is 0. The second-order valence-corrected chi connectivity index (χ2v) is 40.9. The normalized spacial score (nSPS) is 23.1. The molecule has 0 N–H and O–H groups in total. The Morgan fingerprint density at radius 2 is 0.507 bits per heavy atom. The number of halogens is 10. The summed E-state index contributed by atoms with van der Waals surface area (Å²) in [4.78, 5) is 2.12. The number of hydrogen-bond acceptors (Lipinski definition) is 12. The van der Waals surface area contributed by atoms with Gasteiger partial charge in [0.1, 0.15) is 23.9 Å². The first-order chi connectivity index (χ1) is 63.5. The predicted octanol–water partition coefficient (Wildman–Crippen LogP) is 8.17. The Hall–Kier alpha value is 12.1. The average molecular weight is 3070 g/mol. The van der Waals surface area contributed by atoms with E-state index >= 15 is 0 Å². The van der Waals surface area contributed by atoms with Crippen molar-refractivity contribution < 1.29 is 603 Å². The van der Waals surface area contributed by atoms with Gasteiger partial charge in [0.05, 0.1) is 24.3 Å². The molecule has 30 heteroatoms. The zero-order valence-corrected chi connectivity index (χ0v) is 145. The van der Waals surface area contributed by atoms with E-state index in [1.807, 2.05) is 144 Å². The fourth-order valence-electron chi connectivity index (χ4n) is 16.8. The maximum absolute atomic E-state index is 6.11. The first-order valence-electron chi connectivity index (χ1n) is 47.2. The van der Waals surface area contributed by atoms with Crippen LogP contribution >= 0.6 is 116 Å². The zero-order valence-electron chi connectivity index (χ0n) is 87.0. The van der Waals surface area contributed by atoms with Crippen LogP contribution in [0.4, 0.5) is 0 Å². The Bertz CT molecular complexity index is 4380. The van der Waals surface area contributed by atoms with Gasteiger partial charge in [0, 0.05) is 95.6 Å². The molecule has 0 aromatic heterocycles. The molecule has 0 aliphatic carbocycles. The average Bonchev–Trinajstić information content (AvgIpc) is 1.20. The summed E-state index contributed by atoms with van der Waals surface area (Å²) in [5.41, 5.74) is 9.67. The Morgan fingerprint density at radius 1 is 0.271 bits per heavy atom. The zero-order chi connectivity index (χ0) is 94.9. The smallest absolute Gasteiger partial charge is 0.549 e. The molecule has 8 heterocycles. The van der Waals surface area contributed by atoms with Gasteiger partial charge >= 0.3 is 551 Å². The van der Waals surface area contributed by atoms with E-state index in [4.69, 9.17) is 168 Å². The standard InChI is InChI=1S/C17H26NO2.2C14H18ClO2.3C13H15Cl2O.2C13H16ClO.8Cs/c1-14-12-17(20-13-14)9-6-15-4-7-16(8-5-15)19-11-10-18(2)3;2*1-10-8-12(17-9-10)7-6-11-4-3-5-13(15)14(11)16-2;2*1-9-6-12(16-8-9)5-3-10-2-4-11(14)7-13(10)15;1-9-7-10(16-8-9)5-6-11-12(14)3-2-4-13(11)15;2*1-10-8-13(15-9-10)7-4-11-2-5-12(14)6-3-11;;;;;;;;/h4-5,7-8,13-14,17H,6,9-12H2,1-3H3;2*3-5,9-10,12H,6-8H2,1-2H3;2*2,4,7-9,12H,3,5-6H2,1H3;2-4,8-10H,5-7H2,1H3;2*2-3,5-6,9-10,13H,4,7-8H2,1H3;;;;;;;;/q8*-1;8*+1/t14-,17?;2*10-,12?;2*9-,12?;9-,10?;2*10-,13?;;;;;;;;/m11111111......../s1. The van der Waals surface area contributed by atoms with E-state index in [9.17, 15) is 0 Å². The molecule has 8 fully saturated rings. The van der Waals surface area contributed by atoms with Gasteiger partial charge in [-0.05, 0) is 246 Å². The quantitative estimate of drug-likeness (QED) is 0.0406. The molecule has 728 valence electrons. The van der Waals surface area contributed by atoms with Crippen LogP contribution in [0.5, 0.6) is 17.2 Å². The molecule has 0 spiro atoms. The summed E-state index contributed by atoms with van der Waals surface area (Å²) >= 11 is 60.0. The Kier molecular flexibility index (Phi) is 93.0. The molecule has 0 radical (unpaired) electrons. The third kappa shape index (κ3) is 62.0. The van der Waals surface area contributed by atoms with Crippen LogP contribution in [0.2, 0.25) is 50.2 Å². The van der Waals surface area contributed by atoms with E-state index in [1.54, 1.807) is 26.4 Å². The van der Waals surface area contributed by atoms with E-state index in [0.29, 0.717) is 116 Å². The molecule has 0 bridgehead atoms. The van der Waals surface area contributed by atoms with Crippen LogP contribution < -0.4 is 565 Å². The SMILES string of the molecule is COc1c(Cl)cccc1CCC1C[C@@H](C)[CH-]O1.COc1c(Cl)cccc1CCC1C[C@@H](C)[CH-]O1.C[C@H]1[CH-]OC(CCc2c(Cl)cccc2Cl)C1.C[C@H]1[CH-]OC(CCc2ccc(Cl)cc2)C1.C[C@H]1[CH-]OC(CCc2ccc(Cl)cc2)C1.C[C@H]1[CH-]OC(CCc2ccc(Cl)cc2Cl)C1.C[C@H]1[CH-]OC(CCc2ccc(Cl)cc2Cl)C1.C[C@H]1[CH-]OC(CCc2ccc(OCCN(C)C)cc2)C1.[Cs+].[Cs+].[Cs+].[Cs+].[Cs+].[Cs+].[Cs+].[Cs+]. The number of aryl methyl sites for hydroxylation is 7. The third-order valence-electron chi connectivity index (χ3n) is 24.2. The summed E-state index contributed by atoms with van der Waals surface area (Å²) in [5, 5.41) is 7.35. The summed E-state index contributed by atoms with van der Waals surface area (Å²) < 4.78 is 61.0. The molecule has 8 aromatic rings. The molecule has 16 atom stereocenters. The van der Waals surface area contributed by atoms with Gasteiger partial charge in [0.2, 0.25) is 0 Å². The first kappa shape index (κ1) is 150. The molecule has 0 saturated carbocycles. The van der Waals surface area contributed by atoms with Crippen LogP contribution in [0.25, 0.3) is 0 Å². The number of benzene rings is 8. The molecule has 16 rings (SSSR count). The van der Waals surface area contributed by atoms with E-state index in [-0.39, 0.29) is 551 Å². The number of likely N-dealkylation sites (N-methyl/N-ethyl adjacent to an activating group) is 1. The van der Waals surface area contributed by atoms with Gasteiger partial charge in [0.15, 0.2) is 0 Å². The van der Waals surface area contributed by atoms with Crippen molar-refractivity contribution in [3.8, 4) is 17.2 Å². The van der Waals surface area contributed by atoms with Gasteiger partial charge < -0.3 is 57.0 Å². The van der Waals surface area contributed by atoms with Crippen molar-refractivity contribution in [3.05, 3.63) is 311 Å². The number of nitrogens with zero attached hydrogens (tertiary/aromatic N) is 1. The second-order valence-electron chi connectivity index (χ2n) is 36.8. The molecular weight excluding hydrogens is 2930 g/mol. The van der Waals surface area contributed by atoms with E-state index < -0.39 is 0 Å². The van der Waals surface area contributed by atoms with Crippen molar-refractivity contribution in [2.24, 2.45) is 47.3 Å². The van der Waals surface area contributed by atoms with Crippen LogP contribution in [0.3, 0.4) is 0 Å². The number of ether oxygens (including phenoxy) is 11. The maximum Gasteiger partial charge on any atom is 1.00 e. The van der Waals surface area contributed by atoms with Gasteiger partial charge in [-0.2, -0.15) is 0 Å². The largest absolute Gasteiger partial charge is 1.00 e. The molecule has 12 nitrogen and oxygen atoms in total. The first-order valence-corrected chi connectivity index (χ1v) is 51.0. The van der Waals surface area contributed by atoms with Crippen molar-refractivity contribution in [2.75, 3.05) is 41.5 Å². The van der Waals surface area contributed by atoms with Crippen molar-refractivity contribution in [3.63, 3.8) is 0 Å². The van der Waals surface area contributed by atoms with Crippen LogP contribution in [-0.2, 0) is 89.3 Å². The molecular formula is C110H139Cl10Cs8NO11. The Balaban J connectivity index is 0.000000794. The van der Waals surface area contributed by atoms with E-state index in [1.165, 1.54) is 16.7 Å². The molecule has 8 aliphatic heterocycles. The summed E-state index contributed by atoms with van der Waals surface area (Å²) in [6.07, 6.45) is 28.2.